The maximum Gasteiger partial charge on any atom is 0.151 e. The largest absolute Gasteiger partial charge is 0.495 e. The van der Waals surface area contributed by atoms with E-state index >= 15 is 0 Å². The van der Waals surface area contributed by atoms with E-state index in [0.717, 1.165) is 45.0 Å². The lowest BCUT2D eigenvalue weighted by Crippen LogP contribution is -2.60. The number of ketones is 1. The number of likely N-dealkylation sites (tertiary alicyclic amines) is 1. The summed E-state index contributed by atoms with van der Waals surface area (Å²) in [5.74, 6) is 1.22. The number of dihydropyridines is 1. The minimum atomic E-state index is 0.0711. The number of likely N-dealkylation sites (N-methyl/N-ethyl adjacent to an activating group) is 1. The molecule has 0 amide bonds. The molecule has 0 spiro atoms. The van der Waals surface area contributed by atoms with Gasteiger partial charge in [0, 0.05) is 51.9 Å². The quantitative estimate of drug-likeness (QED) is 0.670. The molecule has 4 heterocycles. The maximum atomic E-state index is 12.2. The minimum Gasteiger partial charge on any atom is -0.495 e. The maximum absolute atomic E-state index is 12.2. The van der Waals surface area contributed by atoms with Crippen molar-refractivity contribution >= 4 is 11.5 Å². The Bertz CT molecular complexity index is 965. The van der Waals surface area contributed by atoms with Gasteiger partial charge in [0.2, 0.25) is 0 Å². The fraction of sp³-hybridized carbons (Fsp3) is 0.480. The van der Waals surface area contributed by atoms with Crippen LogP contribution in [0, 0.1) is 0 Å². The third-order valence-electron chi connectivity index (χ3n) is 6.99. The van der Waals surface area contributed by atoms with Gasteiger partial charge in [-0.1, -0.05) is 18.2 Å². The van der Waals surface area contributed by atoms with Gasteiger partial charge < -0.3 is 15.0 Å². The number of hydrazine groups is 1. The van der Waals surface area contributed by atoms with Gasteiger partial charge in [-0.15, -0.1) is 0 Å². The number of allylic oxidation sites excluding steroid dienone is 2. The van der Waals surface area contributed by atoms with Crippen LogP contribution < -0.4 is 20.4 Å². The van der Waals surface area contributed by atoms with Gasteiger partial charge >= 0.3 is 0 Å². The molecule has 1 aromatic rings. The van der Waals surface area contributed by atoms with E-state index in [-0.39, 0.29) is 18.0 Å². The summed E-state index contributed by atoms with van der Waals surface area (Å²) in [6.07, 6.45) is 8.99. The van der Waals surface area contributed by atoms with Crippen LogP contribution in [0.2, 0.25) is 0 Å². The Morgan fingerprint density at radius 2 is 2.00 bits per heavy atom. The smallest absolute Gasteiger partial charge is 0.151 e. The van der Waals surface area contributed by atoms with Gasteiger partial charge in [0.1, 0.15) is 11.9 Å². The molecule has 2 atom stereocenters. The second-order valence-electron chi connectivity index (χ2n) is 9.15. The molecule has 176 valence electrons. The van der Waals surface area contributed by atoms with Gasteiger partial charge in [0.25, 0.3) is 0 Å². The summed E-state index contributed by atoms with van der Waals surface area (Å²) in [4.78, 5) is 19.3. The lowest BCUT2D eigenvalue weighted by molar-refractivity contribution is -0.121. The van der Waals surface area contributed by atoms with Crippen molar-refractivity contribution in [2.75, 3.05) is 64.9 Å². The van der Waals surface area contributed by atoms with Crippen LogP contribution in [0.5, 0.6) is 5.75 Å². The van der Waals surface area contributed by atoms with Crippen molar-refractivity contribution < 1.29 is 9.53 Å². The number of nitrogens with one attached hydrogen (secondary N) is 2. The number of anilines is 1. The van der Waals surface area contributed by atoms with Crippen LogP contribution in [0.1, 0.15) is 6.42 Å². The highest BCUT2D eigenvalue weighted by molar-refractivity contribution is 5.85. The summed E-state index contributed by atoms with van der Waals surface area (Å²) >= 11 is 0. The summed E-state index contributed by atoms with van der Waals surface area (Å²) in [5, 5.41) is 5.64. The van der Waals surface area contributed by atoms with E-state index in [1.807, 2.05) is 25.4 Å². The molecule has 2 N–H and O–H groups in total. The Morgan fingerprint density at radius 1 is 1.18 bits per heavy atom. The van der Waals surface area contributed by atoms with Crippen molar-refractivity contribution in [3.63, 3.8) is 0 Å². The predicted molar refractivity (Wildman–Crippen MR) is 130 cm³/mol. The van der Waals surface area contributed by atoms with E-state index in [1.165, 1.54) is 16.8 Å². The fourth-order valence-electron chi connectivity index (χ4n) is 5.42. The predicted octanol–water partition coefficient (Wildman–Crippen LogP) is 1.16. The van der Waals surface area contributed by atoms with Gasteiger partial charge in [-0.25, -0.2) is 5.43 Å². The van der Waals surface area contributed by atoms with Crippen molar-refractivity contribution in [1.82, 2.24) is 25.6 Å². The molecular weight excluding hydrogens is 416 g/mol. The third-order valence-corrected chi connectivity index (χ3v) is 6.99. The highest BCUT2D eigenvalue weighted by Crippen LogP contribution is 2.33. The number of fused-ring (bicyclic) bond motifs is 3. The first kappa shape index (κ1) is 22.0. The Balaban J connectivity index is 1.17. The van der Waals surface area contributed by atoms with Crippen LogP contribution in [0.25, 0.3) is 0 Å². The second-order valence-corrected chi connectivity index (χ2v) is 9.15. The molecule has 2 unspecified atom stereocenters. The van der Waals surface area contributed by atoms with Crippen molar-refractivity contribution in [3.8, 4) is 5.75 Å². The standard InChI is InChI=1S/C25H34N6O2/c1-28-18-20(32)16-19-17-31(25-21(24(19)28)6-5-9-26-25)27-10-11-29-12-14-30(15-13-29)22-7-3-4-8-23(22)33-2/h3-9,17,24-27H,10-16,18H2,1-2H3. The average Bonchev–Trinajstić information content (AvgIpc) is 2.84. The first-order valence-corrected chi connectivity index (χ1v) is 11.8. The molecular formula is C25H34N6O2. The average molecular weight is 451 g/mol. The topological polar surface area (TPSA) is 63.3 Å². The van der Waals surface area contributed by atoms with Gasteiger partial charge in [-0.3, -0.25) is 19.6 Å². The zero-order valence-corrected chi connectivity index (χ0v) is 19.5. The van der Waals surface area contributed by atoms with Gasteiger partial charge in [-0.2, -0.15) is 0 Å². The highest BCUT2D eigenvalue weighted by Gasteiger charge is 2.40. The molecule has 0 radical (unpaired) electrons. The monoisotopic (exact) mass is 450 g/mol. The summed E-state index contributed by atoms with van der Waals surface area (Å²) < 4.78 is 5.54. The summed E-state index contributed by atoms with van der Waals surface area (Å²) in [7, 11) is 3.78. The van der Waals surface area contributed by atoms with Gasteiger partial charge in [0.15, 0.2) is 5.78 Å². The Labute approximate surface area is 196 Å². The first-order valence-electron chi connectivity index (χ1n) is 11.8. The lowest BCUT2D eigenvalue weighted by Gasteiger charge is -2.47. The van der Waals surface area contributed by atoms with Crippen molar-refractivity contribution in [2.24, 2.45) is 0 Å². The van der Waals surface area contributed by atoms with Crippen LogP contribution >= 0.6 is 0 Å². The van der Waals surface area contributed by atoms with E-state index in [2.05, 4.69) is 60.9 Å². The number of hydrogen-bond acceptors (Lipinski definition) is 8. The number of carbonyl (C=O) groups excluding carboxylic acids is 1. The number of rotatable bonds is 6. The second kappa shape index (κ2) is 9.59. The number of nitrogens with zero attached hydrogens (tertiary/aromatic N) is 4. The first-order chi connectivity index (χ1) is 16.1. The van der Waals surface area contributed by atoms with Crippen molar-refractivity contribution in [1.29, 1.82) is 0 Å². The van der Waals surface area contributed by atoms with Crippen LogP contribution in [0.3, 0.4) is 0 Å². The molecule has 5 rings (SSSR count). The number of methoxy groups -OCH3 is 1. The van der Waals surface area contributed by atoms with Gasteiger partial charge in [0.05, 0.1) is 25.4 Å². The number of carbonyl (C=O) groups is 1. The minimum absolute atomic E-state index is 0.0711. The van der Waals surface area contributed by atoms with Crippen LogP contribution in [0.4, 0.5) is 5.69 Å². The molecule has 4 aliphatic rings. The molecule has 0 bridgehead atoms. The van der Waals surface area contributed by atoms with E-state index in [1.54, 1.807) is 7.11 Å². The molecule has 0 saturated carbocycles. The number of ether oxygens (including phenoxy) is 1. The molecule has 4 aliphatic heterocycles. The highest BCUT2D eigenvalue weighted by atomic mass is 16.5. The zero-order valence-electron chi connectivity index (χ0n) is 19.5. The van der Waals surface area contributed by atoms with Crippen molar-refractivity contribution in [3.05, 3.63) is 60.0 Å². The summed E-state index contributed by atoms with van der Waals surface area (Å²) in [5.41, 5.74) is 7.25. The van der Waals surface area contributed by atoms with Crippen LogP contribution in [-0.4, -0.2) is 92.8 Å². The third kappa shape index (κ3) is 4.51. The van der Waals surface area contributed by atoms with E-state index in [0.29, 0.717) is 13.0 Å². The van der Waals surface area contributed by atoms with Crippen LogP contribution in [0.15, 0.2) is 60.0 Å². The van der Waals surface area contributed by atoms with E-state index in [4.69, 9.17) is 4.74 Å². The number of piperidine rings is 1. The lowest BCUT2D eigenvalue weighted by atomic mass is 9.85. The molecule has 2 fully saturated rings. The molecule has 8 nitrogen and oxygen atoms in total. The number of para-hydroxylation sites is 2. The van der Waals surface area contributed by atoms with Gasteiger partial charge in [-0.05, 0) is 42.6 Å². The van der Waals surface area contributed by atoms with Crippen LogP contribution in [-0.2, 0) is 4.79 Å². The Kier molecular flexibility index (Phi) is 6.39. The number of piperazine rings is 1. The summed E-state index contributed by atoms with van der Waals surface area (Å²) in [6.45, 7) is 6.38. The molecule has 33 heavy (non-hydrogen) atoms. The Hall–Kier alpha value is -2.81. The van der Waals surface area contributed by atoms with E-state index in [9.17, 15) is 4.79 Å². The molecule has 0 aromatic heterocycles. The Morgan fingerprint density at radius 3 is 2.82 bits per heavy atom. The normalized spacial score (nSPS) is 25.7. The number of hydrogen-bond donors (Lipinski definition) is 2. The number of benzene rings is 1. The molecule has 8 heteroatoms. The fourth-order valence-corrected chi connectivity index (χ4v) is 5.42. The summed E-state index contributed by atoms with van der Waals surface area (Å²) in [6, 6.07) is 8.45. The SMILES string of the molecule is COc1ccccc1N1CCN(CCNN2C=C3CC(=O)CN(C)C3C3=CC=CNC32)CC1. The zero-order chi connectivity index (χ0) is 22.8. The molecule has 1 aromatic carbocycles. The van der Waals surface area contributed by atoms with Crippen molar-refractivity contribution in [2.45, 2.75) is 18.6 Å². The number of Topliss-reactive ketones (excluding diaryl/α,β-unsaturated/α-hetero) is 1. The van der Waals surface area contributed by atoms with E-state index < -0.39 is 0 Å². The molecule has 0 aliphatic carbocycles. The molecule has 2 saturated heterocycles.